The van der Waals surface area contributed by atoms with Crippen molar-refractivity contribution in [2.45, 2.75) is 367 Å². The van der Waals surface area contributed by atoms with E-state index in [0.717, 1.165) is 116 Å². The molecule has 104 heavy (non-hydrogen) atoms. The Hall–Kier alpha value is -4.28. The van der Waals surface area contributed by atoms with Crippen LogP contribution in [-0.2, 0) is 65.4 Å². The van der Waals surface area contributed by atoms with Gasteiger partial charge in [0.1, 0.15) is 19.3 Å². The number of hydrogen-bond donors (Lipinski definition) is 3. The van der Waals surface area contributed by atoms with Gasteiger partial charge in [0.25, 0.3) is 0 Å². The highest BCUT2D eigenvalue weighted by Gasteiger charge is 2.30. The zero-order valence-corrected chi connectivity index (χ0v) is 67.5. The molecule has 0 aromatic rings. The zero-order chi connectivity index (χ0) is 76.0. The number of ether oxygens (including phenoxy) is 4. The van der Waals surface area contributed by atoms with Crippen LogP contribution in [-0.4, -0.2) is 96.7 Å². The third kappa shape index (κ3) is 75.9. The van der Waals surface area contributed by atoms with Crippen LogP contribution in [0, 0.1) is 0 Å². The van der Waals surface area contributed by atoms with Gasteiger partial charge >= 0.3 is 39.5 Å². The number of carbonyl (C=O) groups is 4. The smallest absolute Gasteiger partial charge is 0.462 e. The maximum Gasteiger partial charge on any atom is 0.472 e. The molecule has 0 aliphatic heterocycles. The summed E-state index contributed by atoms with van der Waals surface area (Å²) in [5.41, 5.74) is 0. The van der Waals surface area contributed by atoms with Gasteiger partial charge in [-0.05, 0) is 128 Å². The molecular formula is C85H148O17P2. The molecule has 0 rings (SSSR count). The fourth-order valence-electron chi connectivity index (χ4n) is 10.9. The van der Waals surface area contributed by atoms with E-state index in [1.54, 1.807) is 0 Å². The number of phosphoric acid groups is 2. The van der Waals surface area contributed by atoms with Crippen molar-refractivity contribution in [1.29, 1.82) is 0 Å². The Bertz CT molecular complexity index is 2390. The molecule has 0 saturated heterocycles. The van der Waals surface area contributed by atoms with Crippen molar-refractivity contribution in [3.8, 4) is 0 Å². The molecule has 0 aliphatic carbocycles. The third-order valence-corrected chi connectivity index (χ3v) is 19.1. The first-order valence-corrected chi connectivity index (χ1v) is 44.1. The van der Waals surface area contributed by atoms with Crippen LogP contribution >= 0.6 is 15.6 Å². The fraction of sp³-hybridized carbons (Fsp3) is 0.741. The van der Waals surface area contributed by atoms with Crippen LogP contribution in [0.2, 0.25) is 0 Å². The maximum atomic E-state index is 13.1. The van der Waals surface area contributed by atoms with Crippen LogP contribution in [0.4, 0.5) is 0 Å². The summed E-state index contributed by atoms with van der Waals surface area (Å²) in [7, 11) is -9.99. The van der Waals surface area contributed by atoms with Gasteiger partial charge in [0.05, 0.1) is 26.4 Å². The lowest BCUT2D eigenvalue weighted by Gasteiger charge is -2.21. The molecule has 0 aliphatic rings. The van der Waals surface area contributed by atoms with Crippen molar-refractivity contribution in [3.63, 3.8) is 0 Å². The van der Waals surface area contributed by atoms with Crippen LogP contribution in [0.1, 0.15) is 349 Å². The fourth-order valence-corrected chi connectivity index (χ4v) is 12.5. The molecule has 3 N–H and O–H groups in total. The quantitative estimate of drug-likeness (QED) is 0.0169. The summed E-state index contributed by atoms with van der Waals surface area (Å²) < 4.78 is 68.6. The average molecular weight is 1500 g/mol. The number of rotatable bonds is 77. The molecule has 5 atom stereocenters. The van der Waals surface area contributed by atoms with Crippen LogP contribution in [0.3, 0.4) is 0 Å². The lowest BCUT2D eigenvalue weighted by atomic mass is 10.0. The van der Waals surface area contributed by atoms with Crippen molar-refractivity contribution < 1.29 is 80.2 Å². The molecule has 0 amide bonds. The summed E-state index contributed by atoms with van der Waals surface area (Å²) >= 11 is 0. The summed E-state index contributed by atoms with van der Waals surface area (Å²) in [6, 6.07) is 0. The van der Waals surface area contributed by atoms with E-state index in [1.807, 2.05) is 24.3 Å². The van der Waals surface area contributed by atoms with E-state index < -0.39 is 97.5 Å². The predicted octanol–water partition coefficient (Wildman–Crippen LogP) is 24.1. The first-order valence-electron chi connectivity index (χ1n) is 41.1. The Morgan fingerprint density at radius 3 is 0.798 bits per heavy atom. The highest BCUT2D eigenvalue weighted by Crippen LogP contribution is 2.45. The molecule has 0 saturated carbocycles. The van der Waals surface area contributed by atoms with Gasteiger partial charge in [-0.1, -0.05) is 304 Å². The molecule has 600 valence electrons. The monoisotopic (exact) mass is 1500 g/mol. The number of hydrogen-bond acceptors (Lipinski definition) is 15. The van der Waals surface area contributed by atoms with Crippen molar-refractivity contribution in [2.75, 3.05) is 39.6 Å². The van der Waals surface area contributed by atoms with Crippen LogP contribution < -0.4 is 0 Å². The number of aliphatic hydroxyl groups is 1. The van der Waals surface area contributed by atoms with E-state index in [9.17, 15) is 43.2 Å². The van der Waals surface area contributed by atoms with Gasteiger partial charge in [-0.3, -0.25) is 37.3 Å². The van der Waals surface area contributed by atoms with Crippen LogP contribution in [0.25, 0.3) is 0 Å². The summed E-state index contributed by atoms with van der Waals surface area (Å²) in [6.45, 7) is 4.73. The second-order valence-electron chi connectivity index (χ2n) is 27.4. The minimum absolute atomic E-state index is 0.0163. The molecule has 0 bridgehead atoms. The maximum absolute atomic E-state index is 13.1. The average Bonchev–Trinajstić information content (AvgIpc) is 0.909. The van der Waals surface area contributed by atoms with Crippen molar-refractivity contribution in [2.24, 2.45) is 0 Å². The SMILES string of the molecule is CCCCC/C=C\C/C=C\C/C=C\C/C=C\CCCC(=O)OC[C@H](COP(=O)(O)OC[C@H](O)COP(=O)(O)OC[C@@H](COC(=O)CCCCCCC/C=C\CCCCCCCC)OC(=O)CCC/C=C\C/C=C\C/C=C\C/C=C\CCCCC)OC(=O)CCCCCCCCCCCCCCCCC. The normalized spacial score (nSPS) is 14.4. The van der Waals surface area contributed by atoms with E-state index in [2.05, 4.69) is 113 Å². The Balaban J connectivity index is 5.45. The van der Waals surface area contributed by atoms with E-state index in [-0.39, 0.29) is 25.7 Å². The molecule has 2 unspecified atom stereocenters. The van der Waals surface area contributed by atoms with Crippen molar-refractivity contribution >= 4 is 39.5 Å². The van der Waals surface area contributed by atoms with Crippen LogP contribution in [0.5, 0.6) is 0 Å². The minimum Gasteiger partial charge on any atom is -0.462 e. The van der Waals surface area contributed by atoms with Gasteiger partial charge < -0.3 is 33.8 Å². The van der Waals surface area contributed by atoms with Gasteiger partial charge in [-0.25, -0.2) is 9.13 Å². The highest BCUT2D eigenvalue weighted by atomic mass is 31.2. The molecule has 0 heterocycles. The molecule has 0 aromatic heterocycles. The Labute approximate surface area is 632 Å². The van der Waals surface area contributed by atoms with E-state index in [0.29, 0.717) is 38.5 Å². The molecule has 0 radical (unpaired) electrons. The zero-order valence-electron chi connectivity index (χ0n) is 65.7. The summed E-state index contributed by atoms with van der Waals surface area (Å²) in [5.74, 6) is -2.30. The molecule has 0 spiro atoms. The van der Waals surface area contributed by atoms with Gasteiger partial charge in [0.2, 0.25) is 0 Å². The number of aliphatic hydroxyl groups excluding tert-OH is 1. The van der Waals surface area contributed by atoms with Gasteiger partial charge in [0.15, 0.2) is 12.2 Å². The molecule has 17 nitrogen and oxygen atoms in total. The summed E-state index contributed by atoms with van der Waals surface area (Å²) in [6.07, 6.45) is 83.6. The van der Waals surface area contributed by atoms with Gasteiger partial charge in [-0.2, -0.15) is 0 Å². The standard InChI is InChI=1S/C85H148O17P2/c1-5-9-13-17-21-25-29-33-37-39-43-46-50-54-58-62-66-70-83(88)96-76-80(101-84(89)71-67-63-59-55-51-47-42-36-32-28-24-20-16-12-8-4)77-99-103(91,92)97-73-79(86)74-98-104(93,94)100-78-81(75-95-82(87)69-65-61-57-53-49-45-41-35-31-27-23-19-15-11-7-3)102-85(90)72-68-64-60-56-52-48-44-40-38-34-30-26-22-18-14-10-6-2/h21-22,25-26,33-35,37-38,41,43-44,46,48,54,56,58,60,79-81,86H,5-20,23-24,27-32,36,39-40,42,45,47,49-53,55,57,59,61-78H2,1-4H3,(H,91,92)(H,93,94)/b25-21-,26-22-,37-33-,38-34-,41-35-,46-43-,48-44-,58-54-,60-56-/t79-,80+,81+/m0/s1. The predicted molar refractivity (Wildman–Crippen MR) is 427 cm³/mol. The summed E-state index contributed by atoms with van der Waals surface area (Å²) in [4.78, 5) is 73.0. The number of phosphoric ester groups is 2. The molecule has 0 aromatic carbocycles. The Morgan fingerprint density at radius 1 is 0.269 bits per heavy atom. The third-order valence-electron chi connectivity index (χ3n) is 17.2. The first-order chi connectivity index (χ1) is 50.7. The second-order valence-corrected chi connectivity index (χ2v) is 30.3. The largest absolute Gasteiger partial charge is 0.472 e. The number of allylic oxidation sites excluding steroid dienone is 18. The lowest BCUT2D eigenvalue weighted by molar-refractivity contribution is -0.161. The second kappa shape index (κ2) is 76.9. The first kappa shape index (κ1) is 99.7. The number of carbonyl (C=O) groups excluding carboxylic acids is 4. The molecule has 19 heteroatoms. The Kier molecular flexibility index (Phi) is 73.7. The highest BCUT2D eigenvalue weighted by molar-refractivity contribution is 7.47. The van der Waals surface area contributed by atoms with E-state index >= 15 is 0 Å². The van der Waals surface area contributed by atoms with Crippen LogP contribution in [0.15, 0.2) is 109 Å². The Morgan fingerprint density at radius 2 is 0.481 bits per heavy atom. The number of esters is 4. The summed E-state index contributed by atoms with van der Waals surface area (Å²) in [5, 5.41) is 10.6. The van der Waals surface area contributed by atoms with Gasteiger partial charge in [0, 0.05) is 25.7 Å². The van der Waals surface area contributed by atoms with E-state index in [4.69, 9.17) is 37.0 Å². The number of unbranched alkanes of at least 4 members (excludes halogenated alkanes) is 33. The van der Waals surface area contributed by atoms with Crippen molar-refractivity contribution in [1.82, 2.24) is 0 Å². The van der Waals surface area contributed by atoms with Crippen molar-refractivity contribution in [3.05, 3.63) is 109 Å². The molecule has 0 fully saturated rings. The van der Waals surface area contributed by atoms with E-state index in [1.165, 1.54) is 141 Å². The topological polar surface area (TPSA) is 237 Å². The lowest BCUT2D eigenvalue weighted by Crippen LogP contribution is -2.30. The minimum atomic E-state index is -5.00. The van der Waals surface area contributed by atoms with Gasteiger partial charge in [-0.15, -0.1) is 0 Å². The molecular weight excluding hydrogens is 1350 g/mol.